The molecule has 0 aliphatic rings. The molecule has 0 amide bonds. The summed E-state index contributed by atoms with van der Waals surface area (Å²) in [6.07, 6.45) is 56.1. The molecule has 0 bridgehead atoms. The maximum Gasteiger partial charge on any atom is 0.472 e. The molecule has 0 aromatic carbocycles. The molecule has 3 atom stereocenters. The summed E-state index contributed by atoms with van der Waals surface area (Å²) in [7, 11) is -4.75. The molecule has 406 valence electrons. The fourth-order valence-corrected chi connectivity index (χ4v) is 8.33. The number of rotatable bonds is 52. The van der Waals surface area contributed by atoms with Crippen molar-refractivity contribution < 1.29 is 52.2 Å². The highest BCUT2D eigenvalue weighted by atomic mass is 31.2. The lowest BCUT2D eigenvalue weighted by atomic mass is 10.1. The lowest BCUT2D eigenvalue weighted by Gasteiger charge is -2.21. The maximum absolute atomic E-state index is 12.9. The second kappa shape index (κ2) is 52.5. The first kappa shape index (κ1) is 67.2. The Kier molecular flexibility index (Phi) is 50.4. The highest BCUT2D eigenvalue weighted by Crippen LogP contribution is 2.43. The van der Waals surface area contributed by atoms with Gasteiger partial charge in [-0.25, -0.2) is 4.57 Å². The Morgan fingerprint density at radius 3 is 1.13 bits per heavy atom. The minimum absolute atomic E-state index is 0.158. The van der Waals surface area contributed by atoms with Gasteiger partial charge in [-0.05, 0) is 96.3 Å². The number of unbranched alkanes of at least 4 members (excludes halogenated alkanes) is 25. The van der Waals surface area contributed by atoms with Gasteiger partial charge in [0.2, 0.25) is 0 Å². The highest BCUT2D eigenvalue weighted by Gasteiger charge is 2.28. The predicted octanol–water partition coefficient (Wildman–Crippen LogP) is 16.4. The molecule has 0 aliphatic carbocycles. The minimum atomic E-state index is -4.75. The van der Waals surface area contributed by atoms with Crippen molar-refractivity contribution in [3.8, 4) is 0 Å². The van der Waals surface area contributed by atoms with E-state index in [4.69, 9.17) is 23.3 Å². The quantitative estimate of drug-likeness (QED) is 0.0197. The van der Waals surface area contributed by atoms with E-state index in [1.807, 2.05) is 0 Å². The summed E-state index contributed by atoms with van der Waals surface area (Å²) >= 11 is 0. The van der Waals surface area contributed by atoms with Crippen LogP contribution in [0.5, 0.6) is 0 Å². The second-order valence-corrected chi connectivity index (χ2v) is 20.2. The van der Waals surface area contributed by atoms with Gasteiger partial charge in [-0.3, -0.25) is 23.4 Å². The Morgan fingerprint density at radius 2 is 0.729 bits per heavy atom. The van der Waals surface area contributed by atoms with Crippen molar-refractivity contribution in [3.05, 3.63) is 60.8 Å². The second-order valence-electron chi connectivity index (χ2n) is 18.7. The van der Waals surface area contributed by atoms with Crippen LogP contribution in [0.15, 0.2) is 60.8 Å². The van der Waals surface area contributed by atoms with E-state index in [1.165, 1.54) is 70.6 Å². The van der Waals surface area contributed by atoms with E-state index < -0.39 is 57.8 Å². The number of phosphoric acid groups is 1. The predicted molar refractivity (Wildman–Crippen MR) is 288 cm³/mol. The average Bonchev–Trinajstić information content (AvgIpc) is 3.35. The van der Waals surface area contributed by atoms with Crippen LogP contribution in [0.3, 0.4) is 0 Å². The molecule has 3 unspecified atom stereocenters. The Balaban J connectivity index is 4.75. The van der Waals surface area contributed by atoms with Crippen LogP contribution in [0, 0.1) is 0 Å². The van der Waals surface area contributed by atoms with Gasteiger partial charge < -0.3 is 24.2 Å². The fraction of sp³-hybridized carbons (Fsp3) is 0.776. The number of aliphatic hydroxyl groups excluding tert-OH is 1. The Morgan fingerprint density at radius 1 is 0.400 bits per heavy atom. The van der Waals surface area contributed by atoms with Crippen molar-refractivity contribution in [2.24, 2.45) is 0 Å². The molecule has 70 heavy (non-hydrogen) atoms. The van der Waals surface area contributed by atoms with Gasteiger partial charge in [0.05, 0.1) is 19.8 Å². The molecule has 12 heteroatoms. The third-order valence-electron chi connectivity index (χ3n) is 11.8. The van der Waals surface area contributed by atoms with Crippen LogP contribution in [-0.4, -0.2) is 66.5 Å². The zero-order valence-electron chi connectivity index (χ0n) is 44.7. The molecular formula is C58H103O11P. The number of phosphoric ester groups is 1. The number of carbonyl (C=O) groups excluding carboxylic acids is 3. The first-order valence-corrected chi connectivity index (χ1v) is 29.7. The normalized spacial score (nSPS) is 13.8. The summed E-state index contributed by atoms with van der Waals surface area (Å²) < 4.78 is 39.4. The van der Waals surface area contributed by atoms with Crippen LogP contribution >= 0.6 is 7.82 Å². The smallest absolute Gasteiger partial charge is 0.462 e. The van der Waals surface area contributed by atoms with Gasteiger partial charge in [-0.15, -0.1) is 0 Å². The van der Waals surface area contributed by atoms with Crippen LogP contribution < -0.4 is 0 Å². The summed E-state index contributed by atoms with van der Waals surface area (Å²) in [4.78, 5) is 48.4. The largest absolute Gasteiger partial charge is 0.472 e. The van der Waals surface area contributed by atoms with Gasteiger partial charge in [0.25, 0.3) is 0 Å². The van der Waals surface area contributed by atoms with E-state index >= 15 is 0 Å². The molecule has 11 nitrogen and oxygen atoms in total. The molecule has 0 aromatic heterocycles. The van der Waals surface area contributed by atoms with Gasteiger partial charge in [-0.2, -0.15) is 0 Å². The van der Waals surface area contributed by atoms with Crippen LogP contribution in [0.4, 0.5) is 0 Å². The third kappa shape index (κ3) is 50.1. The summed E-state index contributed by atoms with van der Waals surface area (Å²) in [6, 6.07) is 0. The first-order valence-electron chi connectivity index (χ1n) is 28.2. The van der Waals surface area contributed by atoms with Crippen LogP contribution in [0.1, 0.15) is 252 Å². The lowest BCUT2D eigenvalue weighted by molar-refractivity contribution is -0.161. The van der Waals surface area contributed by atoms with Gasteiger partial charge in [0, 0.05) is 19.3 Å². The van der Waals surface area contributed by atoms with Crippen molar-refractivity contribution in [2.75, 3.05) is 26.4 Å². The zero-order chi connectivity index (χ0) is 51.3. The van der Waals surface area contributed by atoms with E-state index in [9.17, 15) is 28.9 Å². The molecule has 0 heterocycles. The number of hydrogen-bond donors (Lipinski definition) is 2. The van der Waals surface area contributed by atoms with Crippen molar-refractivity contribution >= 4 is 25.7 Å². The van der Waals surface area contributed by atoms with E-state index in [0.717, 1.165) is 122 Å². The fourth-order valence-electron chi connectivity index (χ4n) is 7.54. The first-order chi connectivity index (χ1) is 34.2. The standard InChI is InChI=1S/C58H103O11P/c1-4-7-10-13-16-19-22-25-26-27-28-31-34-37-40-43-46-49-58(62)69-55(51-65-56(60)47-44-41-38-35-32-29-23-20-17-14-11-8-5-2)53-67-70(63,64)66-52-54(50-59)68-57(61)48-45-42-39-36-33-30-24-21-18-15-12-9-6-3/h11-12,14-15,20-21,23-26,54-55,59H,4-10,13,16-19,22,27-53H2,1-3H3,(H,63,64)/b14-11-,15-12-,23-20-,24-21-,26-25-. The summed E-state index contributed by atoms with van der Waals surface area (Å²) in [6.45, 7) is 4.48. The molecule has 0 saturated heterocycles. The number of carbonyl (C=O) groups is 3. The number of aliphatic hydroxyl groups is 1. The topological polar surface area (TPSA) is 155 Å². The molecule has 0 aliphatic heterocycles. The van der Waals surface area contributed by atoms with Crippen molar-refractivity contribution in [3.63, 3.8) is 0 Å². The van der Waals surface area contributed by atoms with E-state index in [0.29, 0.717) is 19.3 Å². The van der Waals surface area contributed by atoms with Crippen molar-refractivity contribution in [1.29, 1.82) is 0 Å². The molecule has 0 spiro atoms. The van der Waals surface area contributed by atoms with Crippen LogP contribution in [0.25, 0.3) is 0 Å². The Labute approximate surface area is 427 Å². The molecule has 2 N–H and O–H groups in total. The van der Waals surface area contributed by atoms with Gasteiger partial charge in [0.1, 0.15) is 12.7 Å². The third-order valence-corrected chi connectivity index (χ3v) is 12.8. The SMILES string of the molecule is CCC/C=C\C/C=C\CCCCCCCC(=O)OCC(COP(=O)(O)OCC(CO)OC(=O)CCCCCCC/C=C\C/C=C\CCC)OC(=O)CCCCCCCCC/C=C\CCCCCCCC. The minimum Gasteiger partial charge on any atom is -0.462 e. The van der Waals surface area contributed by atoms with Crippen molar-refractivity contribution in [1.82, 2.24) is 0 Å². The summed E-state index contributed by atoms with van der Waals surface area (Å²) in [5, 5.41) is 9.79. The van der Waals surface area contributed by atoms with Crippen molar-refractivity contribution in [2.45, 2.75) is 264 Å². The molecule has 0 rings (SSSR count). The monoisotopic (exact) mass is 1010 g/mol. The van der Waals surface area contributed by atoms with E-state index in [2.05, 4.69) is 81.5 Å². The Hall–Kier alpha value is -2.82. The average molecular weight is 1010 g/mol. The van der Waals surface area contributed by atoms with E-state index in [1.54, 1.807) is 0 Å². The van der Waals surface area contributed by atoms with E-state index in [-0.39, 0.29) is 25.9 Å². The number of allylic oxidation sites excluding steroid dienone is 10. The molecule has 0 saturated carbocycles. The van der Waals surface area contributed by atoms with Crippen LogP contribution in [-0.2, 0) is 42.2 Å². The molecule has 0 aromatic rings. The molecular weight excluding hydrogens is 904 g/mol. The number of ether oxygens (including phenoxy) is 3. The molecule has 0 radical (unpaired) electrons. The Bertz CT molecular complexity index is 1410. The maximum atomic E-state index is 12.9. The van der Waals surface area contributed by atoms with Gasteiger partial charge in [0.15, 0.2) is 6.10 Å². The highest BCUT2D eigenvalue weighted by molar-refractivity contribution is 7.47. The molecule has 0 fully saturated rings. The lowest BCUT2D eigenvalue weighted by Crippen LogP contribution is -2.30. The number of hydrogen-bond acceptors (Lipinski definition) is 10. The van der Waals surface area contributed by atoms with Gasteiger partial charge >= 0.3 is 25.7 Å². The summed E-state index contributed by atoms with van der Waals surface area (Å²) in [5.41, 5.74) is 0. The summed E-state index contributed by atoms with van der Waals surface area (Å²) in [5.74, 6) is -1.50. The van der Waals surface area contributed by atoms with Crippen LogP contribution in [0.2, 0.25) is 0 Å². The van der Waals surface area contributed by atoms with Gasteiger partial charge in [-0.1, -0.05) is 197 Å². The zero-order valence-corrected chi connectivity index (χ0v) is 45.6. The number of esters is 3.